The number of amides is 1. The second-order valence-electron chi connectivity index (χ2n) is 5.45. The van der Waals surface area contributed by atoms with Crippen molar-refractivity contribution in [3.63, 3.8) is 0 Å². The van der Waals surface area contributed by atoms with Gasteiger partial charge < -0.3 is 9.32 Å². The Morgan fingerprint density at radius 1 is 1.43 bits per heavy atom. The monoisotopic (exact) mass is 332 g/mol. The fraction of sp³-hybridized carbons (Fsp3) is 0.312. The van der Waals surface area contributed by atoms with Crippen LogP contribution in [-0.4, -0.2) is 39.9 Å². The van der Waals surface area contributed by atoms with E-state index in [1.54, 1.807) is 12.4 Å². The average molecular weight is 333 g/mol. The lowest BCUT2D eigenvalue weighted by atomic mass is 10.1. The first-order valence-electron chi connectivity index (χ1n) is 7.39. The van der Waals surface area contributed by atoms with Gasteiger partial charge in [0.05, 0.1) is 12.1 Å². The summed E-state index contributed by atoms with van der Waals surface area (Å²) in [4.78, 5) is 22.9. The molecule has 1 N–H and O–H groups in total. The molecular formula is C16H17ClN4O2. The predicted octanol–water partition coefficient (Wildman–Crippen LogP) is 1.57. The summed E-state index contributed by atoms with van der Waals surface area (Å²) in [6.45, 7) is 1.92. The van der Waals surface area contributed by atoms with E-state index in [0.717, 1.165) is 23.6 Å². The van der Waals surface area contributed by atoms with Gasteiger partial charge in [-0.2, -0.15) is 0 Å². The van der Waals surface area contributed by atoms with Gasteiger partial charge in [0.1, 0.15) is 17.5 Å². The van der Waals surface area contributed by atoms with Crippen LogP contribution < -0.4 is 5.32 Å². The number of rotatable bonds is 2. The zero-order valence-electron chi connectivity index (χ0n) is 12.4. The highest BCUT2D eigenvalue weighted by molar-refractivity contribution is 5.85. The normalized spacial score (nSPS) is 19.3. The average Bonchev–Trinajstić information content (AvgIpc) is 3.23. The van der Waals surface area contributed by atoms with Crippen molar-refractivity contribution in [3.8, 4) is 11.5 Å². The molecule has 0 spiro atoms. The first kappa shape index (κ1) is 15.7. The summed E-state index contributed by atoms with van der Waals surface area (Å²) in [5.74, 6) is 1.55. The van der Waals surface area contributed by atoms with E-state index in [4.69, 9.17) is 4.42 Å². The van der Waals surface area contributed by atoms with Crippen LogP contribution in [0.2, 0.25) is 0 Å². The summed E-state index contributed by atoms with van der Waals surface area (Å²) in [5, 5.41) is 3.15. The zero-order valence-corrected chi connectivity index (χ0v) is 13.3. The third kappa shape index (κ3) is 3.00. The molecule has 2 aromatic heterocycles. The van der Waals surface area contributed by atoms with Crippen LogP contribution in [-0.2, 0) is 17.8 Å². The molecule has 0 fully saturated rings. The number of pyridine rings is 1. The quantitative estimate of drug-likeness (QED) is 0.845. The first-order valence-corrected chi connectivity index (χ1v) is 7.39. The molecule has 1 unspecified atom stereocenters. The molecule has 6 nitrogen and oxygen atoms in total. The maximum atomic E-state index is 12.4. The highest BCUT2D eigenvalue weighted by atomic mass is 35.5. The molecule has 0 aromatic carbocycles. The third-order valence-corrected chi connectivity index (χ3v) is 4.00. The molecule has 120 valence electrons. The fourth-order valence-corrected chi connectivity index (χ4v) is 2.83. The molecule has 4 heterocycles. The van der Waals surface area contributed by atoms with Crippen molar-refractivity contribution in [1.29, 1.82) is 0 Å². The maximum absolute atomic E-state index is 12.4. The van der Waals surface area contributed by atoms with E-state index >= 15 is 0 Å². The minimum atomic E-state index is -0.203. The van der Waals surface area contributed by atoms with Crippen LogP contribution in [0.1, 0.15) is 11.5 Å². The van der Waals surface area contributed by atoms with Gasteiger partial charge in [-0.15, -0.1) is 12.4 Å². The number of carbonyl (C=O) groups excluding carboxylic acids is 1. The molecule has 23 heavy (non-hydrogen) atoms. The summed E-state index contributed by atoms with van der Waals surface area (Å²) in [5.41, 5.74) is 1.70. The lowest BCUT2D eigenvalue weighted by Gasteiger charge is -2.27. The molecule has 0 saturated carbocycles. The number of aromatic nitrogens is 2. The minimum absolute atomic E-state index is 0. The Morgan fingerprint density at radius 3 is 3.09 bits per heavy atom. The van der Waals surface area contributed by atoms with Crippen molar-refractivity contribution in [1.82, 2.24) is 20.2 Å². The molecule has 2 aliphatic rings. The lowest BCUT2D eigenvalue weighted by Crippen LogP contribution is -2.45. The molecule has 7 heteroatoms. The maximum Gasteiger partial charge on any atom is 0.244 e. The molecule has 2 aromatic rings. The number of oxazole rings is 1. The van der Waals surface area contributed by atoms with E-state index in [1.807, 2.05) is 29.2 Å². The number of nitrogens with one attached hydrogen (secondary N) is 1. The van der Waals surface area contributed by atoms with Gasteiger partial charge in [0.2, 0.25) is 11.8 Å². The van der Waals surface area contributed by atoms with Gasteiger partial charge in [-0.1, -0.05) is 12.2 Å². The standard InChI is InChI=1S/C16H16N4O2.ClH/c21-16(12-4-2-7-18-12)20-8-5-14-13(10-20)19-15(22-14)11-3-1-6-17-9-11;/h1-4,6,9,12,18H,5,7-8,10H2;1H. The highest BCUT2D eigenvalue weighted by Crippen LogP contribution is 2.26. The largest absolute Gasteiger partial charge is 0.441 e. The Kier molecular flexibility index (Phi) is 4.45. The van der Waals surface area contributed by atoms with Gasteiger partial charge in [-0.3, -0.25) is 15.1 Å². The molecule has 0 aliphatic carbocycles. The van der Waals surface area contributed by atoms with E-state index in [9.17, 15) is 4.79 Å². The molecule has 1 amide bonds. The van der Waals surface area contributed by atoms with Crippen molar-refractivity contribution in [2.75, 3.05) is 13.1 Å². The summed E-state index contributed by atoms with van der Waals surface area (Å²) < 4.78 is 5.83. The van der Waals surface area contributed by atoms with Crippen LogP contribution in [0.25, 0.3) is 11.5 Å². The Morgan fingerprint density at radius 2 is 2.35 bits per heavy atom. The van der Waals surface area contributed by atoms with Crippen molar-refractivity contribution < 1.29 is 9.21 Å². The van der Waals surface area contributed by atoms with Crippen LogP contribution >= 0.6 is 12.4 Å². The fourth-order valence-electron chi connectivity index (χ4n) is 2.83. The molecule has 2 aliphatic heterocycles. The lowest BCUT2D eigenvalue weighted by molar-refractivity contribution is -0.133. The summed E-state index contributed by atoms with van der Waals surface area (Å²) >= 11 is 0. The van der Waals surface area contributed by atoms with Gasteiger partial charge in [-0.25, -0.2) is 4.98 Å². The number of hydrogen-bond acceptors (Lipinski definition) is 5. The smallest absolute Gasteiger partial charge is 0.244 e. The van der Waals surface area contributed by atoms with Gasteiger partial charge in [0, 0.05) is 31.9 Å². The Labute approximate surface area is 140 Å². The summed E-state index contributed by atoms with van der Waals surface area (Å²) in [6, 6.07) is 3.57. The van der Waals surface area contributed by atoms with Crippen LogP contribution in [0.15, 0.2) is 41.1 Å². The van der Waals surface area contributed by atoms with Gasteiger partial charge >= 0.3 is 0 Å². The molecule has 0 saturated heterocycles. The Bertz CT molecular complexity index is 729. The summed E-state index contributed by atoms with van der Waals surface area (Å²) in [7, 11) is 0. The second kappa shape index (κ2) is 6.52. The SMILES string of the molecule is Cl.O=C(C1C=CCN1)N1CCc2oc(-c3cccnc3)nc2C1. The topological polar surface area (TPSA) is 71.3 Å². The van der Waals surface area contributed by atoms with E-state index in [0.29, 0.717) is 25.4 Å². The third-order valence-electron chi connectivity index (χ3n) is 4.00. The Balaban J connectivity index is 0.00000156. The van der Waals surface area contributed by atoms with Crippen molar-refractivity contribution in [2.24, 2.45) is 0 Å². The number of halogens is 1. The minimum Gasteiger partial charge on any atom is -0.441 e. The second-order valence-corrected chi connectivity index (χ2v) is 5.45. The number of hydrogen-bond donors (Lipinski definition) is 1. The van der Waals surface area contributed by atoms with Crippen molar-refractivity contribution in [3.05, 3.63) is 48.1 Å². The number of nitrogens with zero attached hydrogens (tertiary/aromatic N) is 3. The van der Waals surface area contributed by atoms with Crippen LogP contribution in [0.3, 0.4) is 0 Å². The molecule has 0 radical (unpaired) electrons. The van der Waals surface area contributed by atoms with Gasteiger partial charge in [0.15, 0.2) is 0 Å². The van der Waals surface area contributed by atoms with Crippen molar-refractivity contribution in [2.45, 2.75) is 19.0 Å². The van der Waals surface area contributed by atoms with E-state index < -0.39 is 0 Å². The molecule has 4 rings (SSSR count). The van der Waals surface area contributed by atoms with Crippen LogP contribution in [0, 0.1) is 0 Å². The number of carbonyl (C=O) groups is 1. The van der Waals surface area contributed by atoms with Crippen molar-refractivity contribution >= 4 is 18.3 Å². The summed E-state index contributed by atoms with van der Waals surface area (Å²) in [6.07, 6.45) is 8.04. The van der Waals surface area contributed by atoms with Gasteiger partial charge in [0.25, 0.3) is 0 Å². The van der Waals surface area contributed by atoms with E-state index in [-0.39, 0.29) is 24.4 Å². The first-order chi connectivity index (χ1) is 10.8. The molecular weight excluding hydrogens is 316 g/mol. The van der Waals surface area contributed by atoms with Crippen LogP contribution in [0.5, 0.6) is 0 Å². The van der Waals surface area contributed by atoms with E-state index in [1.165, 1.54) is 0 Å². The number of fused-ring (bicyclic) bond motifs is 1. The molecule has 0 bridgehead atoms. The van der Waals surface area contributed by atoms with Gasteiger partial charge in [-0.05, 0) is 12.1 Å². The van der Waals surface area contributed by atoms with Crippen LogP contribution in [0.4, 0.5) is 0 Å². The van der Waals surface area contributed by atoms with E-state index in [2.05, 4.69) is 15.3 Å². The predicted molar refractivity (Wildman–Crippen MR) is 87.0 cm³/mol. The molecule has 1 atom stereocenters. The Hall–Kier alpha value is -2.18. The highest BCUT2D eigenvalue weighted by Gasteiger charge is 2.29. The zero-order chi connectivity index (χ0) is 14.9.